The van der Waals surface area contributed by atoms with E-state index in [0.717, 1.165) is 21.7 Å². The summed E-state index contributed by atoms with van der Waals surface area (Å²) in [6.07, 6.45) is 3.06. The molecule has 0 amide bonds. The van der Waals surface area contributed by atoms with Gasteiger partial charge in [0, 0.05) is 31.5 Å². The predicted molar refractivity (Wildman–Crippen MR) is 157 cm³/mol. The van der Waals surface area contributed by atoms with E-state index < -0.39 is 9.84 Å². The molecule has 37 heavy (non-hydrogen) atoms. The van der Waals surface area contributed by atoms with Crippen LogP contribution >= 0.6 is 46.0 Å². The van der Waals surface area contributed by atoms with E-state index in [4.69, 9.17) is 16.3 Å². The van der Waals surface area contributed by atoms with Crippen molar-refractivity contribution in [3.63, 3.8) is 0 Å². The molecule has 0 saturated carbocycles. The van der Waals surface area contributed by atoms with Crippen LogP contribution in [0.5, 0.6) is 0 Å². The highest BCUT2D eigenvalue weighted by molar-refractivity contribution is 7.98. The van der Waals surface area contributed by atoms with Crippen LogP contribution in [0.25, 0.3) is 21.1 Å². The molecule has 200 valence electrons. The van der Waals surface area contributed by atoms with Crippen molar-refractivity contribution in [3.05, 3.63) is 52.3 Å². The summed E-state index contributed by atoms with van der Waals surface area (Å²) in [4.78, 5) is 20.9. The van der Waals surface area contributed by atoms with Crippen molar-refractivity contribution in [2.45, 2.75) is 25.2 Å². The lowest BCUT2D eigenvalue weighted by Gasteiger charge is -2.28. The molecule has 5 heterocycles. The third-order valence-corrected chi connectivity index (χ3v) is 8.13. The van der Waals surface area contributed by atoms with E-state index in [0.29, 0.717) is 48.1 Å². The molecule has 0 atom stereocenters. The van der Waals surface area contributed by atoms with Crippen molar-refractivity contribution in [1.29, 1.82) is 0 Å². The van der Waals surface area contributed by atoms with Gasteiger partial charge in [0.15, 0.2) is 5.16 Å². The lowest BCUT2D eigenvalue weighted by molar-refractivity contribution is 0.122. The Balaban J connectivity index is 0.000000265. The average Bonchev–Trinajstić information content (AvgIpc) is 3.59. The first-order valence-corrected chi connectivity index (χ1v) is 15.7. The smallest absolute Gasteiger partial charge is 0.249 e. The van der Waals surface area contributed by atoms with Crippen LogP contribution in [-0.4, -0.2) is 67.2 Å². The average molecular weight is 600 g/mol. The SMILES string of the molecule is C.C.CS(=O)(=O)c1nc(-c2cccs2)cc(N2CCOCC2)n1.CSc1nc(Cl)cc(-c2cccs2)n1. The first-order chi connectivity index (χ1) is 16.8. The van der Waals surface area contributed by atoms with Crippen molar-refractivity contribution in [1.82, 2.24) is 19.9 Å². The van der Waals surface area contributed by atoms with Crippen LogP contribution in [0.3, 0.4) is 0 Å². The summed E-state index contributed by atoms with van der Waals surface area (Å²) in [5.41, 5.74) is 1.53. The van der Waals surface area contributed by atoms with Crippen molar-refractivity contribution in [2.75, 3.05) is 43.7 Å². The summed E-state index contributed by atoms with van der Waals surface area (Å²) in [7, 11) is -3.45. The van der Waals surface area contributed by atoms with Gasteiger partial charge in [-0.15, -0.1) is 22.7 Å². The highest BCUT2D eigenvalue weighted by Gasteiger charge is 2.20. The predicted octanol–water partition coefficient (Wildman–Crippen LogP) is 6.30. The zero-order chi connectivity index (χ0) is 24.8. The number of halogens is 1. The minimum atomic E-state index is -3.45. The summed E-state index contributed by atoms with van der Waals surface area (Å²) in [5.74, 6) is 0.636. The Morgan fingerprint density at radius 2 is 1.54 bits per heavy atom. The Labute approximate surface area is 236 Å². The molecular formula is C24H30ClN5O3S4. The topological polar surface area (TPSA) is 98.2 Å². The second kappa shape index (κ2) is 14.2. The Morgan fingerprint density at radius 3 is 2.05 bits per heavy atom. The molecule has 4 aromatic rings. The molecule has 1 fully saturated rings. The van der Waals surface area contributed by atoms with E-state index >= 15 is 0 Å². The number of nitrogens with zero attached hydrogens (tertiary/aromatic N) is 5. The molecule has 5 rings (SSSR count). The number of morpholine rings is 1. The van der Waals surface area contributed by atoms with Gasteiger partial charge in [-0.3, -0.25) is 0 Å². The van der Waals surface area contributed by atoms with Gasteiger partial charge in [0.1, 0.15) is 11.0 Å². The van der Waals surface area contributed by atoms with Gasteiger partial charge in [0.2, 0.25) is 15.0 Å². The molecule has 0 aromatic carbocycles. The fourth-order valence-corrected chi connectivity index (χ4v) is 5.63. The van der Waals surface area contributed by atoms with E-state index in [1.54, 1.807) is 17.4 Å². The largest absolute Gasteiger partial charge is 0.378 e. The molecule has 8 nitrogen and oxygen atoms in total. The summed E-state index contributed by atoms with van der Waals surface area (Å²) >= 11 is 10.5. The maximum Gasteiger partial charge on any atom is 0.249 e. The van der Waals surface area contributed by atoms with Gasteiger partial charge in [-0.25, -0.2) is 28.4 Å². The number of aromatic nitrogens is 4. The van der Waals surface area contributed by atoms with Crippen molar-refractivity contribution < 1.29 is 13.2 Å². The van der Waals surface area contributed by atoms with Gasteiger partial charge >= 0.3 is 0 Å². The molecular weight excluding hydrogens is 570 g/mol. The lowest BCUT2D eigenvalue weighted by Crippen LogP contribution is -2.37. The summed E-state index contributed by atoms with van der Waals surface area (Å²) in [5, 5.41) is 5.03. The second-order valence-corrected chi connectivity index (χ2v) is 12.2. The van der Waals surface area contributed by atoms with Gasteiger partial charge in [-0.05, 0) is 29.1 Å². The van der Waals surface area contributed by atoms with Crippen LogP contribution in [0.1, 0.15) is 14.9 Å². The highest BCUT2D eigenvalue weighted by Crippen LogP contribution is 2.28. The molecule has 0 unspecified atom stereocenters. The van der Waals surface area contributed by atoms with Gasteiger partial charge in [-0.1, -0.05) is 50.3 Å². The summed E-state index contributed by atoms with van der Waals surface area (Å²) < 4.78 is 29.0. The minimum absolute atomic E-state index is 0. The Morgan fingerprint density at radius 1 is 0.946 bits per heavy atom. The fourth-order valence-electron chi connectivity index (χ4n) is 3.12. The maximum absolute atomic E-state index is 11.8. The highest BCUT2D eigenvalue weighted by atomic mass is 35.5. The number of hydrogen-bond acceptors (Lipinski definition) is 11. The first-order valence-electron chi connectivity index (χ1n) is 10.4. The molecule has 0 aliphatic carbocycles. The molecule has 0 spiro atoms. The van der Waals surface area contributed by atoms with Crippen LogP contribution < -0.4 is 4.90 Å². The standard InChI is InChI=1S/C13H15N3O3S2.C9H7ClN2S2.2CH4/c1-21(17,18)13-14-10(11-3-2-8-20-11)9-12(15-13)16-4-6-19-7-5-16;1-13-9-11-6(5-8(10)12-9)7-3-2-4-14-7;;/h2-3,8-9H,4-7H2,1H3;2-5H,1H3;2*1H4. The van der Waals surface area contributed by atoms with Crippen LogP contribution in [0.15, 0.2) is 57.5 Å². The zero-order valence-corrected chi connectivity index (χ0v) is 22.9. The second-order valence-electron chi connectivity index (χ2n) is 7.28. The van der Waals surface area contributed by atoms with Gasteiger partial charge in [0.25, 0.3) is 0 Å². The van der Waals surface area contributed by atoms with Crippen LogP contribution in [0.2, 0.25) is 5.15 Å². The van der Waals surface area contributed by atoms with Crippen LogP contribution in [0, 0.1) is 0 Å². The number of rotatable bonds is 5. The van der Waals surface area contributed by atoms with Crippen LogP contribution in [0.4, 0.5) is 5.82 Å². The van der Waals surface area contributed by atoms with E-state index in [1.165, 1.54) is 23.1 Å². The third kappa shape index (κ3) is 8.45. The van der Waals surface area contributed by atoms with E-state index in [-0.39, 0.29) is 20.0 Å². The number of hydrogen-bond donors (Lipinski definition) is 0. The van der Waals surface area contributed by atoms with E-state index in [9.17, 15) is 8.42 Å². The minimum Gasteiger partial charge on any atom is -0.378 e. The number of thioether (sulfide) groups is 1. The molecule has 1 aliphatic heterocycles. The van der Waals surface area contributed by atoms with Crippen molar-refractivity contribution >= 4 is 61.7 Å². The zero-order valence-electron chi connectivity index (χ0n) is 18.9. The summed E-state index contributed by atoms with van der Waals surface area (Å²) in [6, 6.07) is 11.5. The number of sulfone groups is 1. The van der Waals surface area contributed by atoms with Gasteiger partial charge < -0.3 is 9.64 Å². The molecule has 1 saturated heterocycles. The Hall–Kier alpha value is -2.09. The Kier molecular flexibility index (Phi) is 11.9. The molecule has 0 bridgehead atoms. The van der Waals surface area contributed by atoms with Crippen LogP contribution in [-0.2, 0) is 14.6 Å². The monoisotopic (exact) mass is 599 g/mol. The fraction of sp³-hybridized carbons (Fsp3) is 0.333. The van der Waals surface area contributed by atoms with Gasteiger partial charge in [0.05, 0.1) is 34.4 Å². The quantitative estimate of drug-likeness (QED) is 0.149. The first kappa shape index (κ1) is 31.1. The van der Waals surface area contributed by atoms with Gasteiger partial charge in [-0.2, -0.15) is 0 Å². The van der Waals surface area contributed by atoms with Crippen molar-refractivity contribution in [2.24, 2.45) is 0 Å². The molecule has 4 aromatic heterocycles. The van der Waals surface area contributed by atoms with E-state index in [1.807, 2.05) is 52.2 Å². The maximum atomic E-state index is 11.8. The molecule has 13 heteroatoms. The molecule has 0 N–H and O–H groups in total. The Bertz CT molecular complexity index is 1360. The van der Waals surface area contributed by atoms with Crippen molar-refractivity contribution in [3.8, 4) is 21.1 Å². The number of thiophene rings is 2. The summed E-state index contributed by atoms with van der Waals surface area (Å²) in [6.45, 7) is 2.63. The normalized spacial score (nSPS) is 13.1. The molecule has 1 aliphatic rings. The third-order valence-electron chi connectivity index (χ3n) is 4.76. The number of ether oxygens (including phenoxy) is 1. The van der Waals surface area contributed by atoms with E-state index in [2.05, 4.69) is 19.9 Å². The lowest BCUT2D eigenvalue weighted by atomic mass is 10.3. The number of anilines is 1. The molecule has 0 radical (unpaired) electrons.